The highest BCUT2D eigenvalue weighted by Gasteiger charge is 1.92. The monoisotopic (exact) mass is 186 g/mol. The van der Waals surface area contributed by atoms with E-state index >= 15 is 0 Å². The van der Waals surface area contributed by atoms with Crippen molar-refractivity contribution in [1.29, 1.82) is 0 Å². The molecule has 0 aliphatic rings. The second kappa shape index (κ2) is 4.61. The van der Waals surface area contributed by atoms with E-state index in [9.17, 15) is 0 Å². The summed E-state index contributed by atoms with van der Waals surface area (Å²) in [4.78, 5) is 4.00. The Bertz CT molecular complexity index is 351. The Labute approximate surface area is 84.2 Å². The minimum Gasteiger partial charge on any atom is -0.354 e. The number of aromatic nitrogens is 2. The molecule has 0 aliphatic carbocycles. The molecule has 0 bridgehead atoms. The number of hydrogen-bond donors (Lipinski definition) is 0. The molecule has 2 heteroatoms. The summed E-state index contributed by atoms with van der Waals surface area (Å²) >= 11 is 0. The molecular weight excluding hydrogens is 172 g/mol. The van der Waals surface area contributed by atoms with E-state index in [1.165, 1.54) is 12.0 Å². The van der Waals surface area contributed by atoms with Gasteiger partial charge < -0.3 is 4.57 Å². The minimum absolute atomic E-state index is 1.09. The van der Waals surface area contributed by atoms with Crippen LogP contribution in [0, 0.1) is 0 Å². The first-order chi connectivity index (χ1) is 6.95. The normalized spacial score (nSPS) is 10.3. The third kappa shape index (κ3) is 2.46. The third-order valence-corrected chi connectivity index (χ3v) is 2.30. The minimum atomic E-state index is 1.09. The summed E-state index contributed by atoms with van der Waals surface area (Å²) in [5.74, 6) is 0. The lowest BCUT2D eigenvalue weighted by Crippen LogP contribution is -1.96. The molecule has 2 aromatic rings. The predicted octanol–water partition coefficient (Wildman–Crippen LogP) is 2.52. The van der Waals surface area contributed by atoms with Crippen LogP contribution in [0.15, 0.2) is 49.1 Å². The highest BCUT2D eigenvalue weighted by atomic mass is 14.9. The summed E-state index contributed by atoms with van der Waals surface area (Å²) in [6.07, 6.45) is 10.2. The van der Waals surface area contributed by atoms with Gasteiger partial charge in [-0.1, -0.05) is 0 Å². The molecule has 2 rings (SSSR count). The van der Waals surface area contributed by atoms with E-state index in [4.69, 9.17) is 0 Å². The first kappa shape index (κ1) is 9.00. The summed E-state index contributed by atoms with van der Waals surface area (Å²) < 4.78 is 2.21. The molecule has 0 saturated heterocycles. The zero-order chi connectivity index (χ0) is 9.64. The van der Waals surface area contributed by atoms with Crippen LogP contribution in [0.5, 0.6) is 0 Å². The summed E-state index contributed by atoms with van der Waals surface area (Å²) in [6, 6.07) is 8.28. The molecule has 0 unspecified atom stereocenters. The second-order valence-electron chi connectivity index (χ2n) is 3.38. The van der Waals surface area contributed by atoms with E-state index in [0.29, 0.717) is 0 Å². The summed E-state index contributed by atoms with van der Waals surface area (Å²) in [6.45, 7) is 1.09. The van der Waals surface area contributed by atoms with Crippen LogP contribution in [0.3, 0.4) is 0 Å². The van der Waals surface area contributed by atoms with E-state index in [1.54, 1.807) is 0 Å². The lowest BCUT2D eigenvalue weighted by molar-refractivity contribution is 0.645. The number of pyridine rings is 1. The maximum Gasteiger partial charge on any atom is 0.0270 e. The van der Waals surface area contributed by atoms with Crippen molar-refractivity contribution >= 4 is 0 Å². The van der Waals surface area contributed by atoms with Crippen molar-refractivity contribution in [2.75, 3.05) is 0 Å². The van der Waals surface area contributed by atoms with Gasteiger partial charge in [-0.15, -0.1) is 0 Å². The van der Waals surface area contributed by atoms with Gasteiger partial charge in [0.15, 0.2) is 0 Å². The fourth-order valence-electron chi connectivity index (χ4n) is 1.53. The third-order valence-electron chi connectivity index (χ3n) is 2.30. The second-order valence-corrected chi connectivity index (χ2v) is 3.38. The first-order valence-corrected chi connectivity index (χ1v) is 4.95. The van der Waals surface area contributed by atoms with Crippen LogP contribution in [-0.2, 0) is 13.0 Å². The standard InChI is InChI=1S/C12H14N2/c1-2-10-14(9-1)11-3-4-12-5-7-13-8-6-12/h1-2,5-10H,3-4,11H2. The molecule has 2 aromatic heterocycles. The molecule has 2 heterocycles. The van der Waals surface area contributed by atoms with Gasteiger partial charge in [0.2, 0.25) is 0 Å². The zero-order valence-electron chi connectivity index (χ0n) is 8.13. The van der Waals surface area contributed by atoms with Crippen molar-refractivity contribution in [2.24, 2.45) is 0 Å². The summed E-state index contributed by atoms with van der Waals surface area (Å²) in [5, 5.41) is 0. The lowest BCUT2D eigenvalue weighted by Gasteiger charge is -2.02. The number of rotatable bonds is 4. The van der Waals surface area contributed by atoms with Crippen LogP contribution in [0.2, 0.25) is 0 Å². The Kier molecular flexibility index (Phi) is 2.96. The Hall–Kier alpha value is -1.57. The fraction of sp³-hybridized carbons (Fsp3) is 0.250. The van der Waals surface area contributed by atoms with Gasteiger partial charge in [-0.2, -0.15) is 0 Å². The number of aryl methyl sites for hydroxylation is 2. The molecule has 0 spiro atoms. The van der Waals surface area contributed by atoms with Gasteiger partial charge in [0.25, 0.3) is 0 Å². The van der Waals surface area contributed by atoms with Gasteiger partial charge in [0.1, 0.15) is 0 Å². The predicted molar refractivity (Wildman–Crippen MR) is 57.0 cm³/mol. The van der Waals surface area contributed by atoms with Gasteiger partial charge >= 0.3 is 0 Å². The Morgan fingerprint density at radius 3 is 2.50 bits per heavy atom. The number of hydrogen-bond acceptors (Lipinski definition) is 1. The smallest absolute Gasteiger partial charge is 0.0270 e. The molecular formula is C12H14N2. The van der Waals surface area contributed by atoms with Crippen molar-refractivity contribution in [1.82, 2.24) is 9.55 Å². The SMILES string of the molecule is c1ccn(CCCc2ccncc2)c1. The fourth-order valence-corrected chi connectivity index (χ4v) is 1.53. The molecule has 0 N–H and O–H groups in total. The average molecular weight is 186 g/mol. The van der Waals surface area contributed by atoms with Gasteiger partial charge in [-0.05, 0) is 42.7 Å². The van der Waals surface area contributed by atoms with Crippen LogP contribution >= 0.6 is 0 Å². The number of nitrogens with zero attached hydrogens (tertiary/aromatic N) is 2. The van der Waals surface area contributed by atoms with Crippen LogP contribution in [0.4, 0.5) is 0 Å². The maximum absolute atomic E-state index is 4.00. The van der Waals surface area contributed by atoms with Crippen LogP contribution in [-0.4, -0.2) is 9.55 Å². The molecule has 0 aliphatic heterocycles. The van der Waals surface area contributed by atoms with Crippen molar-refractivity contribution in [3.8, 4) is 0 Å². The van der Waals surface area contributed by atoms with E-state index in [0.717, 1.165) is 13.0 Å². The van der Waals surface area contributed by atoms with E-state index in [2.05, 4.69) is 46.2 Å². The molecule has 0 fully saturated rings. The van der Waals surface area contributed by atoms with Gasteiger partial charge in [-0.25, -0.2) is 0 Å². The van der Waals surface area contributed by atoms with Crippen LogP contribution in [0.1, 0.15) is 12.0 Å². The quantitative estimate of drug-likeness (QED) is 0.717. The van der Waals surface area contributed by atoms with Gasteiger partial charge in [0, 0.05) is 31.3 Å². The molecule has 0 amide bonds. The molecule has 2 nitrogen and oxygen atoms in total. The van der Waals surface area contributed by atoms with E-state index < -0.39 is 0 Å². The Balaban J connectivity index is 1.79. The molecule has 0 aromatic carbocycles. The topological polar surface area (TPSA) is 17.8 Å². The van der Waals surface area contributed by atoms with E-state index in [-0.39, 0.29) is 0 Å². The summed E-state index contributed by atoms with van der Waals surface area (Å²) in [7, 11) is 0. The zero-order valence-corrected chi connectivity index (χ0v) is 8.13. The van der Waals surface area contributed by atoms with Crippen molar-refractivity contribution in [2.45, 2.75) is 19.4 Å². The van der Waals surface area contributed by atoms with Crippen LogP contribution < -0.4 is 0 Å². The maximum atomic E-state index is 4.00. The van der Waals surface area contributed by atoms with Crippen molar-refractivity contribution in [3.05, 3.63) is 54.6 Å². The summed E-state index contributed by atoms with van der Waals surface area (Å²) in [5.41, 5.74) is 1.37. The first-order valence-electron chi connectivity index (χ1n) is 4.95. The molecule has 72 valence electrons. The molecule has 0 saturated carbocycles. The highest BCUT2D eigenvalue weighted by Crippen LogP contribution is 2.02. The van der Waals surface area contributed by atoms with E-state index in [1.807, 2.05) is 12.4 Å². The largest absolute Gasteiger partial charge is 0.354 e. The lowest BCUT2D eigenvalue weighted by atomic mass is 10.1. The van der Waals surface area contributed by atoms with Crippen LogP contribution in [0.25, 0.3) is 0 Å². The van der Waals surface area contributed by atoms with Crippen molar-refractivity contribution < 1.29 is 0 Å². The Morgan fingerprint density at radius 1 is 1.07 bits per heavy atom. The molecule has 0 atom stereocenters. The Morgan fingerprint density at radius 2 is 1.79 bits per heavy atom. The van der Waals surface area contributed by atoms with Gasteiger partial charge in [0.05, 0.1) is 0 Å². The van der Waals surface area contributed by atoms with Crippen molar-refractivity contribution in [3.63, 3.8) is 0 Å². The van der Waals surface area contributed by atoms with Gasteiger partial charge in [-0.3, -0.25) is 4.98 Å². The highest BCUT2D eigenvalue weighted by molar-refractivity contribution is 5.09. The molecule has 0 radical (unpaired) electrons. The average Bonchev–Trinajstić information content (AvgIpc) is 2.72. The molecule has 14 heavy (non-hydrogen) atoms.